The molecule has 114 valence electrons. The van der Waals surface area contributed by atoms with Gasteiger partial charge in [-0.25, -0.2) is 0 Å². The lowest BCUT2D eigenvalue weighted by Gasteiger charge is -2.04. The number of rotatable bonds is 6. The highest BCUT2D eigenvalue weighted by molar-refractivity contribution is 8.18. The Balaban J connectivity index is 2.12. The Morgan fingerprint density at radius 1 is 1.27 bits per heavy atom. The van der Waals surface area contributed by atoms with E-state index in [9.17, 15) is 5.26 Å². The fourth-order valence-corrected chi connectivity index (χ4v) is 2.70. The molecular formula is C17H18N2O2S. The Bertz CT molecular complexity index is 640. The molecule has 4 nitrogen and oxygen atoms in total. The topological polar surface area (TPSA) is 54.6 Å². The molecule has 1 aliphatic heterocycles. The number of nitrogens with zero attached hydrogens (tertiary/aromatic N) is 2. The minimum atomic E-state index is 0.622. The van der Waals surface area contributed by atoms with Gasteiger partial charge in [0, 0.05) is 4.91 Å². The molecule has 0 atom stereocenters. The van der Waals surface area contributed by atoms with Gasteiger partial charge in [0.1, 0.15) is 23.5 Å². The van der Waals surface area contributed by atoms with Crippen LogP contribution in [0.5, 0.6) is 5.75 Å². The number of benzene rings is 1. The zero-order chi connectivity index (χ0) is 15.8. The highest BCUT2D eigenvalue weighted by atomic mass is 32.2. The molecule has 0 fully saturated rings. The number of methoxy groups -OCH3 is 1. The van der Waals surface area contributed by atoms with Crippen molar-refractivity contribution in [1.82, 2.24) is 0 Å². The van der Waals surface area contributed by atoms with E-state index in [4.69, 9.17) is 9.57 Å². The predicted molar refractivity (Wildman–Crippen MR) is 90.6 cm³/mol. The lowest BCUT2D eigenvalue weighted by atomic mass is 10.1. The van der Waals surface area contributed by atoms with E-state index < -0.39 is 0 Å². The summed E-state index contributed by atoms with van der Waals surface area (Å²) in [6, 6.07) is 9.72. The predicted octanol–water partition coefficient (Wildman–Crippen LogP) is 4.36. The second-order valence-corrected chi connectivity index (χ2v) is 5.69. The molecule has 0 unspecified atom stereocenters. The van der Waals surface area contributed by atoms with Gasteiger partial charge in [0.25, 0.3) is 0 Å². The summed E-state index contributed by atoms with van der Waals surface area (Å²) in [7, 11) is 1.62. The first kappa shape index (κ1) is 16.2. The van der Waals surface area contributed by atoms with E-state index in [1.165, 1.54) is 11.8 Å². The number of unbranched alkanes of at least 4 members (excludes halogenated alkanes) is 1. The summed E-state index contributed by atoms with van der Waals surface area (Å²) < 4.78 is 5.14. The van der Waals surface area contributed by atoms with Crippen LogP contribution in [0.15, 0.2) is 46.5 Å². The van der Waals surface area contributed by atoms with Crippen LogP contribution in [0, 0.1) is 11.3 Å². The molecule has 0 saturated carbocycles. The minimum absolute atomic E-state index is 0.622. The lowest BCUT2D eigenvalue weighted by molar-refractivity contribution is 0.142. The standard InChI is InChI=1S/C17H18N2O2S/c1-3-4-11-21-19-17-10-9-16(22-17)15(12-18)13-5-7-14(20-2)8-6-13/h5-10H,3-4,11H2,1-2H3/b16-15+,19-17?. The largest absolute Gasteiger partial charge is 0.497 e. The third-order valence-electron chi connectivity index (χ3n) is 3.07. The van der Waals surface area contributed by atoms with Crippen molar-refractivity contribution >= 4 is 22.4 Å². The molecule has 0 saturated heterocycles. The van der Waals surface area contributed by atoms with Crippen LogP contribution in [0.3, 0.4) is 0 Å². The molecule has 0 bridgehead atoms. The second-order valence-electron chi connectivity index (χ2n) is 4.63. The van der Waals surface area contributed by atoms with Crippen LogP contribution >= 0.6 is 11.8 Å². The monoisotopic (exact) mass is 314 g/mol. The highest BCUT2D eigenvalue weighted by Gasteiger charge is 2.15. The van der Waals surface area contributed by atoms with E-state index in [2.05, 4.69) is 18.1 Å². The van der Waals surface area contributed by atoms with Crippen molar-refractivity contribution in [3.63, 3.8) is 0 Å². The SMILES string of the molecule is CCCCON=C1C=C/C(=C(/C#N)c2ccc(OC)cc2)S1. The minimum Gasteiger partial charge on any atom is -0.497 e. The van der Waals surface area contributed by atoms with Crippen LogP contribution in [0.4, 0.5) is 0 Å². The quantitative estimate of drug-likeness (QED) is 0.444. The van der Waals surface area contributed by atoms with Gasteiger partial charge in [-0.2, -0.15) is 5.26 Å². The summed E-state index contributed by atoms with van der Waals surface area (Å²) in [5, 5.41) is 14.3. The molecule has 0 spiro atoms. The molecule has 0 aliphatic carbocycles. The Hall–Kier alpha value is -2.19. The molecule has 0 amide bonds. The van der Waals surface area contributed by atoms with Crippen LogP contribution in [-0.2, 0) is 4.84 Å². The van der Waals surface area contributed by atoms with Crippen molar-refractivity contribution in [3.8, 4) is 11.8 Å². The number of nitriles is 1. The number of oxime groups is 1. The van der Waals surface area contributed by atoms with E-state index in [1.54, 1.807) is 7.11 Å². The van der Waals surface area contributed by atoms with Crippen LogP contribution in [0.25, 0.3) is 5.57 Å². The van der Waals surface area contributed by atoms with E-state index in [-0.39, 0.29) is 0 Å². The molecule has 1 aromatic rings. The van der Waals surface area contributed by atoms with Crippen molar-refractivity contribution in [3.05, 3.63) is 46.9 Å². The average Bonchev–Trinajstić information content (AvgIpc) is 3.01. The van der Waals surface area contributed by atoms with Crippen molar-refractivity contribution in [1.29, 1.82) is 5.26 Å². The van der Waals surface area contributed by atoms with Gasteiger partial charge in [-0.1, -0.05) is 30.3 Å². The molecule has 0 aromatic heterocycles. The van der Waals surface area contributed by atoms with Gasteiger partial charge >= 0.3 is 0 Å². The summed E-state index contributed by atoms with van der Waals surface area (Å²) in [4.78, 5) is 6.13. The fourth-order valence-electron chi connectivity index (χ4n) is 1.85. The zero-order valence-corrected chi connectivity index (χ0v) is 13.5. The van der Waals surface area contributed by atoms with Gasteiger partial charge < -0.3 is 9.57 Å². The third kappa shape index (κ3) is 4.15. The van der Waals surface area contributed by atoms with E-state index in [1.807, 2.05) is 36.4 Å². The molecule has 5 heteroatoms. The first-order valence-corrected chi connectivity index (χ1v) is 7.94. The van der Waals surface area contributed by atoms with Crippen LogP contribution in [0.1, 0.15) is 25.3 Å². The maximum absolute atomic E-state index is 9.44. The summed E-state index contributed by atoms with van der Waals surface area (Å²) in [6.07, 6.45) is 5.83. The second kappa shape index (κ2) is 8.30. The number of thioether (sulfide) groups is 1. The molecule has 22 heavy (non-hydrogen) atoms. The van der Waals surface area contributed by atoms with Gasteiger partial charge in [0.2, 0.25) is 0 Å². The van der Waals surface area contributed by atoms with Crippen LogP contribution < -0.4 is 4.74 Å². The Labute approximate surface area is 135 Å². The van der Waals surface area contributed by atoms with Gasteiger partial charge in [0.05, 0.1) is 12.7 Å². The summed E-state index contributed by atoms with van der Waals surface area (Å²) in [5.74, 6) is 0.771. The normalized spacial score (nSPS) is 17.4. The van der Waals surface area contributed by atoms with Gasteiger partial charge in [-0.15, -0.1) is 0 Å². The van der Waals surface area contributed by atoms with Crippen LogP contribution in [0.2, 0.25) is 0 Å². The molecule has 0 radical (unpaired) electrons. The van der Waals surface area contributed by atoms with Crippen molar-refractivity contribution in [2.45, 2.75) is 19.8 Å². The summed E-state index contributed by atoms with van der Waals surface area (Å²) in [6.45, 7) is 2.73. The fraction of sp³-hybridized carbons (Fsp3) is 0.294. The molecule has 1 aliphatic rings. The third-order valence-corrected chi connectivity index (χ3v) is 4.05. The molecule has 1 heterocycles. The number of allylic oxidation sites excluding steroid dienone is 2. The molecule has 1 aromatic carbocycles. The molecule has 2 rings (SSSR count). The summed E-state index contributed by atoms with van der Waals surface area (Å²) >= 11 is 1.45. The zero-order valence-electron chi connectivity index (χ0n) is 12.7. The number of hydrogen-bond acceptors (Lipinski definition) is 5. The van der Waals surface area contributed by atoms with E-state index >= 15 is 0 Å². The Morgan fingerprint density at radius 2 is 2.05 bits per heavy atom. The molecular weight excluding hydrogens is 296 g/mol. The van der Waals surface area contributed by atoms with Crippen molar-refractivity contribution < 1.29 is 9.57 Å². The molecule has 0 N–H and O–H groups in total. The highest BCUT2D eigenvalue weighted by Crippen LogP contribution is 2.34. The average molecular weight is 314 g/mol. The van der Waals surface area contributed by atoms with Gasteiger partial charge in [0.15, 0.2) is 0 Å². The maximum atomic E-state index is 9.44. The van der Waals surface area contributed by atoms with Crippen molar-refractivity contribution in [2.24, 2.45) is 5.16 Å². The first-order chi connectivity index (χ1) is 10.8. The summed E-state index contributed by atoms with van der Waals surface area (Å²) in [5.41, 5.74) is 1.49. The lowest BCUT2D eigenvalue weighted by Crippen LogP contribution is -1.90. The van der Waals surface area contributed by atoms with Crippen LogP contribution in [-0.4, -0.2) is 18.8 Å². The first-order valence-electron chi connectivity index (χ1n) is 7.13. The van der Waals surface area contributed by atoms with E-state index in [0.717, 1.165) is 34.1 Å². The Morgan fingerprint density at radius 3 is 2.68 bits per heavy atom. The van der Waals surface area contributed by atoms with Gasteiger partial charge in [-0.05, 0) is 48.4 Å². The number of hydrogen-bond donors (Lipinski definition) is 0. The maximum Gasteiger partial charge on any atom is 0.140 e. The van der Waals surface area contributed by atoms with E-state index in [0.29, 0.717) is 12.2 Å². The Kier molecular flexibility index (Phi) is 6.11. The van der Waals surface area contributed by atoms with Crippen molar-refractivity contribution in [2.75, 3.05) is 13.7 Å². The number of ether oxygens (including phenoxy) is 1. The smallest absolute Gasteiger partial charge is 0.140 e. The van der Waals surface area contributed by atoms with Gasteiger partial charge in [-0.3, -0.25) is 0 Å².